The number of Topliss-reactive ketones (excluding diaryl/α,β-unsaturated/α-hetero) is 1. The van der Waals surface area contributed by atoms with Crippen LogP contribution in [0.4, 0.5) is 0 Å². The maximum atomic E-state index is 12.2. The van der Waals surface area contributed by atoms with Gasteiger partial charge in [0.05, 0.1) is 0 Å². The lowest BCUT2D eigenvalue weighted by atomic mass is 9.89. The molecule has 0 amide bonds. The molecule has 0 aliphatic heterocycles. The normalized spacial score (nSPS) is 23.8. The number of rotatable bonds is 4. The van der Waals surface area contributed by atoms with Crippen molar-refractivity contribution in [1.29, 1.82) is 0 Å². The van der Waals surface area contributed by atoms with E-state index in [-0.39, 0.29) is 17.5 Å². The van der Waals surface area contributed by atoms with Crippen molar-refractivity contribution >= 4 is 5.78 Å². The summed E-state index contributed by atoms with van der Waals surface area (Å²) in [7, 11) is 0. The van der Waals surface area contributed by atoms with Gasteiger partial charge in [0.15, 0.2) is 0 Å². The minimum Gasteiger partial charge on any atom is -0.508 e. The number of hydrogen-bond donors (Lipinski definition) is 2. The summed E-state index contributed by atoms with van der Waals surface area (Å²) in [6, 6.07) is 6.92. The number of phenols is 1. The van der Waals surface area contributed by atoms with E-state index in [1.165, 1.54) is 0 Å². The molecule has 1 aromatic rings. The lowest BCUT2D eigenvalue weighted by Crippen LogP contribution is -2.26. The second-order valence-corrected chi connectivity index (χ2v) is 4.85. The van der Waals surface area contributed by atoms with Gasteiger partial charge in [-0.15, -0.1) is 0 Å². The van der Waals surface area contributed by atoms with Gasteiger partial charge in [0.25, 0.3) is 0 Å². The van der Waals surface area contributed by atoms with E-state index in [1.807, 2.05) is 6.07 Å². The molecule has 1 fully saturated rings. The van der Waals surface area contributed by atoms with Crippen LogP contribution in [0, 0.1) is 11.8 Å². The summed E-state index contributed by atoms with van der Waals surface area (Å²) < 4.78 is 0. The molecule has 3 heteroatoms. The second-order valence-electron chi connectivity index (χ2n) is 4.85. The van der Waals surface area contributed by atoms with Crippen LogP contribution in [-0.2, 0) is 11.2 Å². The predicted molar refractivity (Wildman–Crippen MR) is 66.7 cm³/mol. The highest BCUT2D eigenvalue weighted by Crippen LogP contribution is 2.32. The van der Waals surface area contributed by atoms with E-state index < -0.39 is 0 Å². The van der Waals surface area contributed by atoms with Gasteiger partial charge in [0, 0.05) is 12.3 Å². The van der Waals surface area contributed by atoms with E-state index in [1.54, 1.807) is 18.2 Å². The van der Waals surface area contributed by atoms with Gasteiger partial charge in [-0.3, -0.25) is 4.79 Å². The van der Waals surface area contributed by atoms with Crippen LogP contribution in [0.1, 0.15) is 24.8 Å². The number of ketones is 1. The third-order valence-electron chi connectivity index (χ3n) is 3.66. The Labute approximate surface area is 102 Å². The van der Waals surface area contributed by atoms with Crippen molar-refractivity contribution in [2.75, 3.05) is 6.54 Å². The quantitative estimate of drug-likeness (QED) is 0.834. The van der Waals surface area contributed by atoms with Gasteiger partial charge in [-0.25, -0.2) is 0 Å². The van der Waals surface area contributed by atoms with Gasteiger partial charge in [0.1, 0.15) is 11.5 Å². The Bertz CT molecular complexity index is 403. The monoisotopic (exact) mass is 233 g/mol. The predicted octanol–water partition coefficient (Wildman–Crippen LogP) is 1.88. The molecule has 2 unspecified atom stereocenters. The van der Waals surface area contributed by atoms with Crippen LogP contribution in [-0.4, -0.2) is 17.4 Å². The Morgan fingerprint density at radius 3 is 2.94 bits per heavy atom. The molecule has 1 saturated carbocycles. The summed E-state index contributed by atoms with van der Waals surface area (Å²) in [6.45, 7) is 0.608. The first kappa shape index (κ1) is 12.1. The molecule has 92 valence electrons. The Balaban J connectivity index is 2.01. The molecular weight excluding hydrogens is 214 g/mol. The standard InChI is InChI=1S/C14H19NO2/c15-9-11-4-2-6-13(11)14(17)8-10-3-1-5-12(16)7-10/h1,3,5,7,11,13,16H,2,4,6,8-9,15H2. The molecule has 2 atom stereocenters. The molecule has 1 aromatic carbocycles. The molecule has 0 bridgehead atoms. The zero-order valence-electron chi connectivity index (χ0n) is 9.93. The average Bonchev–Trinajstić information content (AvgIpc) is 2.77. The van der Waals surface area contributed by atoms with Crippen LogP contribution in [0.3, 0.4) is 0 Å². The lowest BCUT2D eigenvalue weighted by molar-refractivity contribution is -0.123. The van der Waals surface area contributed by atoms with Gasteiger partial charge < -0.3 is 10.8 Å². The molecule has 1 aliphatic rings. The number of hydrogen-bond acceptors (Lipinski definition) is 3. The van der Waals surface area contributed by atoms with Crippen LogP contribution < -0.4 is 5.73 Å². The Morgan fingerprint density at radius 1 is 1.41 bits per heavy atom. The highest BCUT2D eigenvalue weighted by Gasteiger charge is 2.31. The van der Waals surface area contributed by atoms with E-state index in [4.69, 9.17) is 5.73 Å². The van der Waals surface area contributed by atoms with E-state index in [2.05, 4.69) is 0 Å². The van der Waals surface area contributed by atoms with Crippen molar-refractivity contribution in [2.24, 2.45) is 17.6 Å². The highest BCUT2D eigenvalue weighted by molar-refractivity contribution is 5.83. The van der Waals surface area contributed by atoms with Gasteiger partial charge in [-0.2, -0.15) is 0 Å². The van der Waals surface area contributed by atoms with Crippen molar-refractivity contribution in [3.8, 4) is 5.75 Å². The molecular formula is C14H19NO2. The van der Waals surface area contributed by atoms with E-state index in [9.17, 15) is 9.90 Å². The molecule has 0 radical (unpaired) electrons. The fourth-order valence-corrected chi connectivity index (χ4v) is 2.74. The number of nitrogens with two attached hydrogens (primary N) is 1. The molecule has 3 nitrogen and oxygen atoms in total. The average molecular weight is 233 g/mol. The number of carbonyl (C=O) groups is 1. The fourth-order valence-electron chi connectivity index (χ4n) is 2.74. The largest absolute Gasteiger partial charge is 0.508 e. The molecule has 0 heterocycles. The van der Waals surface area contributed by atoms with Crippen molar-refractivity contribution in [1.82, 2.24) is 0 Å². The second kappa shape index (κ2) is 5.32. The van der Waals surface area contributed by atoms with E-state index in [0.717, 1.165) is 24.8 Å². The zero-order chi connectivity index (χ0) is 12.3. The first-order valence-electron chi connectivity index (χ1n) is 6.21. The summed E-state index contributed by atoms with van der Waals surface area (Å²) in [5.74, 6) is 0.975. The van der Waals surface area contributed by atoms with E-state index in [0.29, 0.717) is 18.9 Å². The minimum atomic E-state index is 0.127. The summed E-state index contributed by atoms with van der Waals surface area (Å²) >= 11 is 0. The van der Waals surface area contributed by atoms with Crippen molar-refractivity contribution in [3.63, 3.8) is 0 Å². The van der Waals surface area contributed by atoms with Crippen LogP contribution in [0.5, 0.6) is 5.75 Å². The third-order valence-corrected chi connectivity index (χ3v) is 3.66. The van der Waals surface area contributed by atoms with Crippen LogP contribution in [0.25, 0.3) is 0 Å². The molecule has 17 heavy (non-hydrogen) atoms. The summed E-state index contributed by atoms with van der Waals surface area (Å²) in [4.78, 5) is 12.2. The van der Waals surface area contributed by atoms with Gasteiger partial charge in [-0.1, -0.05) is 18.6 Å². The van der Waals surface area contributed by atoms with Gasteiger partial charge in [0.2, 0.25) is 0 Å². The van der Waals surface area contributed by atoms with Gasteiger partial charge in [-0.05, 0) is 43.0 Å². The third kappa shape index (κ3) is 2.86. The highest BCUT2D eigenvalue weighted by atomic mass is 16.3. The molecule has 0 aromatic heterocycles. The number of phenolic OH excluding ortho intramolecular Hbond substituents is 1. The number of aromatic hydroxyl groups is 1. The zero-order valence-corrected chi connectivity index (χ0v) is 9.93. The molecule has 1 aliphatic carbocycles. The Morgan fingerprint density at radius 2 is 2.24 bits per heavy atom. The summed E-state index contributed by atoms with van der Waals surface area (Å²) in [5, 5.41) is 9.36. The molecule has 2 rings (SSSR count). The topological polar surface area (TPSA) is 63.3 Å². The molecule has 0 spiro atoms. The fraction of sp³-hybridized carbons (Fsp3) is 0.500. The SMILES string of the molecule is NCC1CCCC1C(=O)Cc1cccc(O)c1. The molecule has 0 saturated heterocycles. The summed E-state index contributed by atoms with van der Waals surface area (Å²) in [6.07, 6.45) is 3.57. The van der Waals surface area contributed by atoms with Crippen molar-refractivity contribution < 1.29 is 9.90 Å². The first-order valence-corrected chi connectivity index (χ1v) is 6.21. The number of benzene rings is 1. The minimum absolute atomic E-state index is 0.127. The smallest absolute Gasteiger partial charge is 0.140 e. The first-order chi connectivity index (χ1) is 8.20. The Hall–Kier alpha value is -1.35. The Kier molecular flexibility index (Phi) is 3.79. The van der Waals surface area contributed by atoms with Gasteiger partial charge >= 0.3 is 0 Å². The summed E-state index contributed by atoms with van der Waals surface area (Å²) in [5.41, 5.74) is 6.57. The van der Waals surface area contributed by atoms with Crippen molar-refractivity contribution in [2.45, 2.75) is 25.7 Å². The molecule has 3 N–H and O–H groups in total. The van der Waals surface area contributed by atoms with Crippen LogP contribution in [0.15, 0.2) is 24.3 Å². The number of carbonyl (C=O) groups excluding carboxylic acids is 1. The van der Waals surface area contributed by atoms with E-state index >= 15 is 0 Å². The lowest BCUT2D eigenvalue weighted by Gasteiger charge is -2.16. The van der Waals surface area contributed by atoms with Crippen molar-refractivity contribution in [3.05, 3.63) is 29.8 Å². The maximum absolute atomic E-state index is 12.2. The van der Waals surface area contributed by atoms with Crippen LogP contribution in [0.2, 0.25) is 0 Å². The maximum Gasteiger partial charge on any atom is 0.140 e. The van der Waals surface area contributed by atoms with Crippen LogP contribution >= 0.6 is 0 Å².